The summed E-state index contributed by atoms with van der Waals surface area (Å²) in [5, 5.41) is 4.75. The number of amides is 2. The molecule has 2 aromatic rings. The van der Waals surface area contributed by atoms with Crippen LogP contribution in [0, 0.1) is 0 Å². The van der Waals surface area contributed by atoms with Crippen molar-refractivity contribution in [2.24, 2.45) is 0 Å². The zero-order valence-corrected chi connectivity index (χ0v) is 19.7. The van der Waals surface area contributed by atoms with Crippen LogP contribution in [0.2, 0.25) is 0 Å². The average Bonchev–Trinajstić information content (AvgIpc) is 3.10. The molecule has 0 bridgehead atoms. The SMILES string of the molecule is CC(C)(C)OC(=O)Nc1ccc(C(F)(F)F)cc1NC(=O)c1ccc2c(c1)CCN2S(C)(=O)=O. The van der Waals surface area contributed by atoms with Gasteiger partial charge in [0.2, 0.25) is 10.0 Å². The molecule has 2 aromatic carbocycles. The van der Waals surface area contributed by atoms with Crippen LogP contribution in [0.25, 0.3) is 0 Å². The molecule has 0 aliphatic carbocycles. The molecule has 0 spiro atoms. The van der Waals surface area contributed by atoms with E-state index in [1.807, 2.05) is 0 Å². The molecular weight excluding hydrogens is 475 g/mol. The number of alkyl halides is 3. The third-order valence-corrected chi connectivity index (χ3v) is 6.01. The minimum absolute atomic E-state index is 0.0833. The minimum atomic E-state index is -4.67. The largest absolute Gasteiger partial charge is 0.444 e. The van der Waals surface area contributed by atoms with Crippen molar-refractivity contribution in [3.8, 4) is 0 Å². The summed E-state index contributed by atoms with van der Waals surface area (Å²) in [7, 11) is -3.47. The monoisotopic (exact) mass is 499 g/mol. The number of carbonyl (C=O) groups is 2. The number of halogens is 3. The highest BCUT2D eigenvalue weighted by molar-refractivity contribution is 7.92. The maximum absolute atomic E-state index is 13.2. The number of rotatable bonds is 4. The Balaban J connectivity index is 1.90. The number of nitrogens with one attached hydrogen (secondary N) is 2. The second kappa shape index (κ2) is 8.82. The van der Waals surface area contributed by atoms with Gasteiger partial charge in [-0.1, -0.05) is 0 Å². The molecule has 2 N–H and O–H groups in total. The molecule has 12 heteroatoms. The quantitative estimate of drug-likeness (QED) is 0.639. The maximum Gasteiger partial charge on any atom is 0.416 e. The summed E-state index contributed by atoms with van der Waals surface area (Å²) in [6.45, 7) is 5.11. The van der Waals surface area contributed by atoms with Crippen LogP contribution in [0.1, 0.15) is 42.3 Å². The van der Waals surface area contributed by atoms with Gasteiger partial charge < -0.3 is 10.1 Å². The van der Waals surface area contributed by atoms with Gasteiger partial charge >= 0.3 is 12.3 Å². The Labute approximate surface area is 195 Å². The molecular formula is C22H24F3N3O5S. The molecule has 2 amide bonds. The van der Waals surface area contributed by atoms with Crippen LogP contribution in [-0.2, 0) is 27.4 Å². The van der Waals surface area contributed by atoms with Crippen molar-refractivity contribution in [1.82, 2.24) is 0 Å². The van der Waals surface area contributed by atoms with Crippen LogP contribution in [0.4, 0.5) is 35.0 Å². The zero-order chi connectivity index (χ0) is 25.5. The first-order chi connectivity index (χ1) is 15.5. The van der Waals surface area contributed by atoms with Crippen molar-refractivity contribution >= 4 is 39.1 Å². The summed E-state index contributed by atoms with van der Waals surface area (Å²) in [6.07, 6.45) is -4.11. The molecule has 0 saturated heterocycles. The molecule has 1 heterocycles. The van der Waals surface area contributed by atoms with E-state index in [1.165, 1.54) is 22.5 Å². The number of anilines is 3. The number of carbonyl (C=O) groups excluding carboxylic acids is 2. The summed E-state index contributed by atoms with van der Waals surface area (Å²) < 4.78 is 69.9. The van der Waals surface area contributed by atoms with Gasteiger partial charge in [-0.2, -0.15) is 13.2 Å². The summed E-state index contributed by atoms with van der Waals surface area (Å²) >= 11 is 0. The van der Waals surface area contributed by atoms with E-state index in [4.69, 9.17) is 4.74 Å². The maximum atomic E-state index is 13.2. The number of fused-ring (bicyclic) bond motifs is 1. The smallest absolute Gasteiger partial charge is 0.416 e. The van der Waals surface area contributed by atoms with Crippen LogP contribution >= 0.6 is 0 Å². The van der Waals surface area contributed by atoms with Crippen LogP contribution < -0.4 is 14.9 Å². The van der Waals surface area contributed by atoms with E-state index in [2.05, 4.69) is 10.6 Å². The summed E-state index contributed by atoms with van der Waals surface area (Å²) in [6, 6.07) is 6.86. The molecule has 0 unspecified atom stereocenters. The van der Waals surface area contributed by atoms with E-state index in [-0.39, 0.29) is 23.5 Å². The third-order valence-electron chi connectivity index (χ3n) is 4.83. The lowest BCUT2D eigenvalue weighted by Gasteiger charge is -2.21. The summed E-state index contributed by atoms with van der Waals surface area (Å²) in [4.78, 5) is 25.0. The van der Waals surface area contributed by atoms with Gasteiger partial charge in [-0.05, 0) is 69.2 Å². The van der Waals surface area contributed by atoms with E-state index in [0.717, 1.165) is 18.4 Å². The van der Waals surface area contributed by atoms with E-state index in [1.54, 1.807) is 20.8 Å². The average molecular weight is 500 g/mol. The van der Waals surface area contributed by atoms with Gasteiger partial charge in [0, 0.05) is 12.1 Å². The minimum Gasteiger partial charge on any atom is -0.444 e. The van der Waals surface area contributed by atoms with Gasteiger partial charge in [0.15, 0.2) is 0 Å². The second-order valence-electron chi connectivity index (χ2n) is 8.77. The second-order valence-corrected chi connectivity index (χ2v) is 10.7. The summed E-state index contributed by atoms with van der Waals surface area (Å²) in [5.74, 6) is -0.729. The van der Waals surface area contributed by atoms with Crippen molar-refractivity contribution < 1.29 is 35.9 Å². The first-order valence-corrected chi connectivity index (χ1v) is 12.0. The normalized spacial score (nSPS) is 13.9. The molecule has 34 heavy (non-hydrogen) atoms. The zero-order valence-electron chi connectivity index (χ0n) is 18.9. The number of hydrogen-bond donors (Lipinski definition) is 2. The summed E-state index contributed by atoms with van der Waals surface area (Å²) in [5.41, 5.74) is -1.03. The Morgan fingerprint density at radius 2 is 1.68 bits per heavy atom. The fraction of sp³-hybridized carbons (Fsp3) is 0.364. The molecule has 1 aliphatic rings. The highest BCUT2D eigenvalue weighted by Gasteiger charge is 2.32. The number of ether oxygens (including phenoxy) is 1. The van der Waals surface area contributed by atoms with E-state index < -0.39 is 39.4 Å². The number of benzene rings is 2. The molecule has 184 valence electrons. The highest BCUT2D eigenvalue weighted by Crippen LogP contribution is 2.35. The Bertz CT molecular complexity index is 1240. The van der Waals surface area contributed by atoms with Crippen LogP contribution in [0.5, 0.6) is 0 Å². The van der Waals surface area contributed by atoms with Gasteiger partial charge in [0.1, 0.15) is 5.60 Å². The topological polar surface area (TPSA) is 105 Å². The van der Waals surface area contributed by atoms with Crippen molar-refractivity contribution in [2.75, 3.05) is 27.7 Å². The fourth-order valence-corrected chi connectivity index (χ4v) is 4.36. The van der Waals surface area contributed by atoms with Gasteiger partial charge in [0.25, 0.3) is 5.91 Å². The molecule has 0 aromatic heterocycles. The van der Waals surface area contributed by atoms with Crippen LogP contribution in [0.15, 0.2) is 36.4 Å². The predicted molar refractivity (Wildman–Crippen MR) is 122 cm³/mol. The number of nitrogens with zero attached hydrogens (tertiary/aromatic N) is 1. The van der Waals surface area contributed by atoms with Crippen molar-refractivity contribution in [3.05, 3.63) is 53.1 Å². The standard InChI is InChI=1S/C22H24F3N3O5S/c1-21(2,3)33-20(30)27-16-7-6-15(22(23,24)25)12-17(16)26-19(29)14-5-8-18-13(11-14)9-10-28(18)34(4,31)32/h5-8,11-12H,9-10H2,1-4H3,(H,26,29)(H,27,30). The van der Waals surface area contributed by atoms with E-state index >= 15 is 0 Å². The van der Waals surface area contributed by atoms with Crippen LogP contribution in [0.3, 0.4) is 0 Å². The number of sulfonamides is 1. The Hall–Kier alpha value is -3.28. The van der Waals surface area contributed by atoms with Gasteiger partial charge in [-0.15, -0.1) is 0 Å². The highest BCUT2D eigenvalue weighted by atomic mass is 32.2. The first-order valence-electron chi connectivity index (χ1n) is 10.2. The molecule has 0 radical (unpaired) electrons. The van der Waals surface area contributed by atoms with Gasteiger partial charge in [-0.3, -0.25) is 14.4 Å². The molecule has 3 rings (SSSR count). The van der Waals surface area contributed by atoms with Gasteiger partial charge in [0.05, 0.1) is 28.9 Å². The molecule has 8 nitrogen and oxygen atoms in total. The lowest BCUT2D eigenvalue weighted by atomic mass is 10.1. The molecule has 1 aliphatic heterocycles. The molecule has 0 saturated carbocycles. The van der Waals surface area contributed by atoms with Crippen molar-refractivity contribution in [1.29, 1.82) is 0 Å². The van der Waals surface area contributed by atoms with Gasteiger partial charge in [-0.25, -0.2) is 13.2 Å². The van der Waals surface area contributed by atoms with Crippen molar-refractivity contribution in [2.45, 2.75) is 39.0 Å². The van der Waals surface area contributed by atoms with E-state index in [0.29, 0.717) is 23.7 Å². The lowest BCUT2D eigenvalue weighted by Crippen LogP contribution is -2.28. The third kappa shape index (κ3) is 5.99. The van der Waals surface area contributed by atoms with E-state index in [9.17, 15) is 31.2 Å². The predicted octanol–water partition coefficient (Wildman–Crippen LogP) is 4.63. The Kier molecular flexibility index (Phi) is 6.57. The Morgan fingerprint density at radius 1 is 1.00 bits per heavy atom. The molecule has 0 fully saturated rings. The lowest BCUT2D eigenvalue weighted by molar-refractivity contribution is -0.137. The fourth-order valence-electron chi connectivity index (χ4n) is 3.40. The van der Waals surface area contributed by atoms with Crippen molar-refractivity contribution in [3.63, 3.8) is 0 Å². The van der Waals surface area contributed by atoms with Crippen LogP contribution in [-0.4, -0.2) is 38.8 Å². The molecule has 0 atom stereocenters. The first kappa shape index (κ1) is 25.3. The number of hydrogen-bond acceptors (Lipinski definition) is 5. The Morgan fingerprint density at radius 3 is 2.26 bits per heavy atom.